The molecule has 4 nitrogen and oxygen atoms in total. The Balaban J connectivity index is 1.46. The number of ether oxygens (including phenoxy) is 1. The van der Waals surface area contributed by atoms with Crippen LogP contribution in [0.1, 0.15) is 28.8 Å². The minimum absolute atomic E-state index is 0.0798. The van der Waals surface area contributed by atoms with E-state index in [1.807, 2.05) is 29.2 Å². The van der Waals surface area contributed by atoms with Crippen LogP contribution in [0.15, 0.2) is 48.5 Å². The maximum absolute atomic E-state index is 13.3. The van der Waals surface area contributed by atoms with E-state index in [1.54, 1.807) is 12.1 Å². The van der Waals surface area contributed by atoms with Crippen molar-refractivity contribution in [3.8, 4) is 5.75 Å². The average molecular weight is 368 g/mol. The van der Waals surface area contributed by atoms with Gasteiger partial charge in [0, 0.05) is 31.2 Å². The number of likely N-dealkylation sites (N-methyl/N-ethyl adjacent to an activating group) is 1. The quantitative estimate of drug-likeness (QED) is 0.827. The van der Waals surface area contributed by atoms with Crippen molar-refractivity contribution in [1.82, 2.24) is 9.80 Å². The van der Waals surface area contributed by atoms with Crippen molar-refractivity contribution in [2.45, 2.75) is 25.5 Å². The molecule has 0 unspecified atom stereocenters. The number of hydrogen-bond acceptors (Lipinski definition) is 3. The van der Waals surface area contributed by atoms with Gasteiger partial charge in [-0.25, -0.2) is 4.39 Å². The highest BCUT2D eigenvalue weighted by molar-refractivity contribution is 5.95. The van der Waals surface area contributed by atoms with Gasteiger partial charge in [0.15, 0.2) is 0 Å². The van der Waals surface area contributed by atoms with Gasteiger partial charge in [0.05, 0.1) is 0 Å². The summed E-state index contributed by atoms with van der Waals surface area (Å²) >= 11 is 0. The molecule has 2 bridgehead atoms. The third-order valence-corrected chi connectivity index (χ3v) is 5.53. The zero-order valence-electron chi connectivity index (χ0n) is 15.6. The second kappa shape index (κ2) is 7.69. The molecular weight excluding hydrogens is 343 g/mol. The van der Waals surface area contributed by atoms with E-state index in [0.29, 0.717) is 17.2 Å². The number of amides is 1. The summed E-state index contributed by atoms with van der Waals surface area (Å²) in [6.45, 7) is 3.12. The van der Waals surface area contributed by atoms with E-state index in [9.17, 15) is 9.18 Å². The molecule has 0 saturated carbocycles. The fraction of sp³-hybridized carbons (Fsp3) is 0.409. The van der Waals surface area contributed by atoms with Crippen LogP contribution >= 0.6 is 0 Å². The van der Waals surface area contributed by atoms with Crippen molar-refractivity contribution >= 4 is 5.91 Å². The number of rotatable bonds is 4. The molecule has 1 amide bonds. The highest BCUT2D eigenvalue weighted by Crippen LogP contribution is 2.29. The summed E-state index contributed by atoms with van der Waals surface area (Å²) < 4.78 is 19.1. The third-order valence-electron chi connectivity index (χ3n) is 5.53. The Kier molecular flexibility index (Phi) is 5.12. The molecule has 27 heavy (non-hydrogen) atoms. The molecule has 3 aliphatic rings. The number of fused-ring (bicyclic) bond motifs is 4. The van der Waals surface area contributed by atoms with Crippen molar-refractivity contribution in [3.63, 3.8) is 0 Å². The SMILES string of the molecule is CN1C[C@H]2CC[C@@H](C1)N(C(=O)c1cccc(OCc3cccc(F)c3)c1)C2. The second-order valence-corrected chi connectivity index (χ2v) is 7.72. The molecule has 2 aromatic rings. The second-order valence-electron chi connectivity index (χ2n) is 7.72. The van der Waals surface area contributed by atoms with Gasteiger partial charge in [0.1, 0.15) is 18.2 Å². The molecule has 0 aromatic heterocycles. The first-order valence-corrected chi connectivity index (χ1v) is 9.55. The van der Waals surface area contributed by atoms with E-state index in [2.05, 4.69) is 11.9 Å². The van der Waals surface area contributed by atoms with Gasteiger partial charge >= 0.3 is 0 Å². The number of nitrogens with zero attached hydrogens (tertiary/aromatic N) is 2. The van der Waals surface area contributed by atoms with Crippen LogP contribution in [0.5, 0.6) is 5.75 Å². The van der Waals surface area contributed by atoms with Crippen LogP contribution < -0.4 is 4.74 Å². The number of halogens is 1. The monoisotopic (exact) mass is 368 g/mol. The Morgan fingerprint density at radius 1 is 1.11 bits per heavy atom. The van der Waals surface area contributed by atoms with Gasteiger partial charge in [-0.05, 0) is 61.7 Å². The molecule has 0 N–H and O–H groups in total. The van der Waals surface area contributed by atoms with Crippen molar-refractivity contribution in [2.75, 3.05) is 26.7 Å². The van der Waals surface area contributed by atoms with E-state index < -0.39 is 0 Å². The van der Waals surface area contributed by atoms with Crippen LogP contribution in [0.4, 0.5) is 4.39 Å². The lowest BCUT2D eigenvalue weighted by molar-refractivity contribution is 0.0586. The fourth-order valence-electron chi connectivity index (χ4n) is 4.24. The molecule has 0 radical (unpaired) electrons. The van der Waals surface area contributed by atoms with Gasteiger partial charge in [-0.15, -0.1) is 0 Å². The number of carbonyl (C=O) groups is 1. The smallest absolute Gasteiger partial charge is 0.254 e. The van der Waals surface area contributed by atoms with Gasteiger partial charge in [-0.2, -0.15) is 0 Å². The third kappa shape index (κ3) is 4.14. The van der Waals surface area contributed by atoms with Crippen LogP contribution in [0.2, 0.25) is 0 Å². The van der Waals surface area contributed by atoms with Gasteiger partial charge in [-0.3, -0.25) is 4.79 Å². The van der Waals surface area contributed by atoms with E-state index >= 15 is 0 Å². The predicted molar refractivity (Wildman–Crippen MR) is 102 cm³/mol. The molecule has 0 aliphatic carbocycles. The maximum Gasteiger partial charge on any atom is 0.254 e. The topological polar surface area (TPSA) is 32.8 Å². The van der Waals surface area contributed by atoms with Gasteiger partial charge in [0.2, 0.25) is 0 Å². The zero-order chi connectivity index (χ0) is 18.8. The van der Waals surface area contributed by atoms with Gasteiger partial charge < -0.3 is 14.5 Å². The molecule has 142 valence electrons. The lowest BCUT2D eigenvalue weighted by atomic mass is 9.94. The molecule has 0 spiro atoms. The minimum Gasteiger partial charge on any atom is -0.489 e. The highest BCUT2D eigenvalue weighted by atomic mass is 19.1. The molecule has 5 rings (SSSR count). The number of carbonyl (C=O) groups excluding carboxylic acids is 1. The number of benzene rings is 2. The molecule has 3 heterocycles. The molecular formula is C22H25FN2O2. The number of piperidine rings is 1. The maximum atomic E-state index is 13.3. The van der Waals surface area contributed by atoms with Crippen LogP contribution in [0.25, 0.3) is 0 Å². The molecule has 2 atom stereocenters. The van der Waals surface area contributed by atoms with Crippen molar-refractivity contribution < 1.29 is 13.9 Å². The summed E-state index contributed by atoms with van der Waals surface area (Å²) in [5, 5.41) is 0. The summed E-state index contributed by atoms with van der Waals surface area (Å²) in [4.78, 5) is 17.5. The summed E-state index contributed by atoms with van der Waals surface area (Å²) in [6.07, 6.45) is 2.28. The Morgan fingerprint density at radius 2 is 1.96 bits per heavy atom. The lowest BCUT2D eigenvalue weighted by Gasteiger charge is -2.36. The van der Waals surface area contributed by atoms with Crippen molar-refractivity contribution in [3.05, 3.63) is 65.5 Å². The normalized spacial score (nSPS) is 22.5. The summed E-state index contributed by atoms with van der Waals surface area (Å²) in [5.74, 6) is 0.990. The molecule has 3 fully saturated rings. The summed E-state index contributed by atoms with van der Waals surface area (Å²) in [6, 6.07) is 14.0. The van der Waals surface area contributed by atoms with E-state index in [4.69, 9.17) is 4.74 Å². The molecule has 2 aromatic carbocycles. The van der Waals surface area contributed by atoms with E-state index in [-0.39, 0.29) is 24.4 Å². The average Bonchev–Trinajstić information content (AvgIpc) is 2.95. The van der Waals surface area contributed by atoms with Crippen LogP contribution in [-0.2, 0) is 6.61 Å². The molecule has 3 saturated heterocycles. The first-order chi connectivity index (χ1) is 13.1. The fourth-order valence-corrected chi connectivity index (χ4v) is 4.24. The molecule has 3 aliphatic heterocycles. The van der Waals surface area contributed by atoms with Crippen LogP contribution in [-0.4, -0.2) is 48.4 Å². The minimum atomic E-state index is -0.277. The van der Waals surface area contributed by atoms with Crippen LogP contribution in [0, 0.1) is 11.7 Å². The lowest BCUT2D eigenvalue weighted by Crippen LogP contribution is -2.47. The first-order valence-electron chi connectivity index (χ1n) is 9.55. The Labute approximate surface area is 159 Å². The molecule has 5 heteroatoms. The van der Waals surface area contributed by atoms with E-state index in [1.165, 1.54) is 18.6 Å². The Hall–Kier alpha value is -2.40. The standard InChI is InChI=1S/C22H25FN2O2/c1-24-12-17-8-9-20(14-24)25(13-17)22(26)18-5-3-7-21(11-18)27-15-16-4-2-6-19(23)10-16/h2-7,10-11,17,20H,8-9,12-15H2,1H3/t17-,20+/m1/s1. The van der Waals surface area contributed by atoms with Crippen LogP contribution in [0.3, 0.4) is 0 Å². The largest absolute Gasteiger partial charge is 0.489 e. The van der Waals surface area contributed by atoms with Gasteiger partial charge in [-0.1, -0.05) is 18.2 Å². The Morgan fingerprint density at radius 3 is 2.81 bits per heavy atom. The number of hydrogen-bond donors (Lipinski definition) is 0. The Bertz CT molecular complexity index is 825. The van der Waals surface area contributed by atoms with E-state index in [0.717, 1.165) is 31.6 Å². The van der Waals surface area contributed by atoms with Crippen molar-refractivity contribution in [2.24, 2.45) is 5.92 Å². The van der Waals surface area contributed by atoms with Gasteiger partial charge in [0.25, 0.3) is 5.91 Å². The van der Waals surface area contributed by atoms with Crippen molar-refractivity contribution in [1.29, 1.82) is 0 Å². The first kappa shape index (κ1) is 18.0. The summed E-state index contributed by atoms with van der Waals surface area (Å²) in [7, 11) is 2.14. The zero-order valence-corrected chi connectivity index (χ0v) is 15.6. The highest BCUT2D eigenvalue weighted by Gasteiger charge is 2.36. The predicted octanol–water partition coefficient (Wildman–Crippen LogP) is 3.57. The summed E-state index contributed by atoms with van der Waals surface area (Å²) in [5.41, 5.74) is 1.42.